The zero-order valence-corrected chi connectivity index (χ0v) is 11.7. The van der Waals surface area contributed by atoms with E-state index in [1.807, 2.05) is 12.1 Å². The van der Waals surface area contributed by atoms with Crippen molar-refractivity contribution in [2.75, 3.05) is 4.90 Å². The molecule has 1 fully saturated rings. The van der Waals surface area contributed by atoms with Crippen LogP contribution >= 0.6 is 11.6 Å². The molecular weight excluding hydrogens is 246 g/mol. The second-order valence-corrected chi connectivity index (χ2v) is 5.41. The molecule has 0 amide bonds. The van der Waals surface area contributed by atoms with Crippen LogP contribution in [0.5, 0.6) is 0 Å². The van der Waals surface area contributed by atoms with Crippen molar-refractivity contribution >= 4 is 23.1 Å². The molecule has 4 heteroatoms. The van der Waals surface area contributed by atoms with E-state index in [4.69, 9.17) is 22.7 Å². The van der Waals surface area contributed by atoms with Gasteiger partial charge < -0.3 is 10.6 Å². The molecule has 1 aliphatic rings. The van der Waals surface area contributed by atoms with Gasteiger partial charge in [-0.25, -0.2) is 0 Å². The number of nitrogen functional groups attached to an aromatic ring is 1. The highest BCUT2D eigenvalue weighted by Crippen LogP contribution is 2.35. The van der Waals surface area contributed by atoms with Crippen molar-refractivity contribution in [2.45, 2.75) is 45.2 Å². The van der Waals surface area contributed by atoms with Crippen LogP contribution in [-0.4, -0.2) is 17.9 Å². The Morgan fingerprint density at radius 1 is 1.50 bits per heavy atom. The van der Waals surface area contributed by atoms with Crippen molar-refractivity contribution in [2.24, 2.45) is 5.73 Å². The summed E-state index contributed by atoms with van der Waals surface area (Å²) >= 11 is 6.00. The van der Waals surface area contributed by atoms with Crippen molar-refractivity contribution in [3.05, 3.63) is 28.8 Å². The Kier molecular flexibility index (Phi) is 3.81. The normalized spacial score (nSPS) is 23.4. The molecule has 2 rings (SSSR count). The highest BCUT2D eigenvalue weighted by Gasteiger charge is 2.31. The number of nitrogens with two attached hydrogens (primary N) is 1. The number of hydrogen-bond donors (Lipinski definition) is 2. The van der Waals surface area contributed by atoms with Crippen molar-refractivity contribution in [1.29, 1.82) is 5.41 Å². The molecule has 0 saturated carbocycles. The van der Waals surface area contributed by atoms with Gasteiger partial charge in [0, 0.05) is 28.4 Å². The van der Waals surface area contributed by atoms with Gasteiger partial charge in [-0.3, -0.25) is 5.41 Å². The van der Waals surface area contributed by atoms with Crippen LogP contribution in [-0.2, 0) is 0 Å². The van der Waals surface area contributed by atoms with Crippen molar-refractivity contribution in [3.63, 3.8) is 0 Å². The monoisotopic (exact) mass is 265 g/mol. The molecule has 2 atom stereocenters. The van der Waals surface area contributed by atoms with E-state index in [2.05, 4.69) is 18.7 Å². The summed E-state index contributed by atoms with van der Waals surface area (Å²) in [5.41, 5.74) is 7.47. The molecular formula is C14H20ClN3. The van der Waals surface area contributed by atoms with E-state index in [1.54, 1.807) is 6.07 Å². The van der Waals surface area contributed by atoms with Gasteiger partial charge in [0.15, 0.2) is 0 Å². The largest absolute Gasteiger partial charge is 0.384 e. The Balaban J connectivity index is 2.46. The predicted molar refractivity (Wildman–Crippen MR) is 77.7 cm³/mol. The molecule has 0 aromatic heterocycles. The molecule has 18 heavy (non-hydrogen) atoms. The van der Waals surface area contributed by atoms with E-state index >= 15 is 0 Å². The van der Waals surface area contributed by atoms with Gasteiger partial charge in [0.25, 0.3) is 0 Å². The van der Waals surface area contributed by atoms with Crippen molar-refractivity contribution in [1.82, 2.24) is 0 Å². The number of halogens is 1. The molecule has 98 valence electrons. The van der Waals surface area contributed by atoms with E-state index in [9.17, 15) is 0 Å². The minimum absolute atomic E-state index is 0.0847. The van der Waals surface area contributed by atoms with E-state index in [-0.39, 0.29) is 5.84 Å². The van der Waals surface area contributed by atoms with Crippen LogP contribution in [0.15, 0.2) is 18.2 Å². The lowest BCUT2D eigenvalue weighted by molar-refractivity contribution is 0.627. The minimum Gasteiger partial charge on any atom is -0.384 e. The van der Waals surface area contributed by atoms with Gasteiger partial charge in [-0.2, -0.15) is 0 Å². The molecule has 0 bridgehead atoms. The van der Waals surface area contributed by atoms with Gasteiger partial charge >= 0.3 is 0 Å². The maximum atomic E-state index is 7.72. The topological polar surface area (TPSA) is 53.1 Å². The Labute approximate surface area is 113 Å². The van der Waals surface area contributed by atoms with Crippen LogP contribution < -0.4 is 10.6 Å². The quantitative estimate of drug-likeness (QED) is 0.650. The molecule has 0 aliphatic carbocycles. The molecule has 1 aliphatic heterocycles. The molecule has 3 N–H and O–H groups in total. The van der Waals surface area contributed by atoms with Crippen LogP contribution in [0.3, 0.4) is 0 Å². The Bertz CT molecular complexity index is 458. The number of rotatable bonds is 3. The fourth-order valence-electron chi connectivity index (χ4n) is 2.86. The maximum absolute atomic E-state index is 7.72. The Hall–Kier alpha value is -1.22. The summed E-state index contributed by atoms with van der Waals surface area (Å²) in [6.45, 7) is 4.44. The summed E-state index contributed by atoms with van der Waals surface area (Å²) in [6.07, 6.45) is 3.51. The van der Waals surface area contributed by atoms with Crippen LogP contribution in [0.2, 0.25) is 5.02 Å². The molecule has 0 radical (unpaired) electrons. The first kappa shape index (κ1) is 13.2. The van der Waals surface area contributed by atoms with Gasteiger partial charge in [-0.05, 0) is 44.4 Å². The minimum atomic E-state index is 0.0847. The first-order chi connectivity index (χ1) is 8.54. The number of hydrogen-bond acceptors (Lipinski definition) is 2. The summed E-state index contributed by atoms with van der Waals surface area (Å²) < 4.78 is 0. The van der Waals surface area contributed by atoms with E-state index in [0.717, 1.165) is 17.7 Å². The van der Waals surface area contributed by atoms with Crippen LogP contribution in [0.4, 0.5) is 5.69 Å². The molecule has 3 nitrogen and oxygen atoms in total. The summed E-state index contributed by atoms with van der Waals surface area (Å²) in [6, 6.07) is 6.69. The Morgan fingerprint density at radius 2 is 2.22 bits per heavy atom. The third kappa shape index (κ3) is 2.32. The molecule has 2 unspecified atom stereocenters. The van der Waals surface area contributed by atoms with E-state index in [0.29, 0.717) is 17.1 Å². The van der Waals surface area contributed by atoms with Crippen LogP contribution in [0.1, 0.15) is 38.7 Å². The first-order valence-electron chi connectivity index (χ1n) is 6.46. The van der Waals surface area contributed by atoms with Gasteiger partial charge in [-0.15, -0.1) is 0 Å². The van der Waals surface area contributed by atoms with Gasteiger partial charge in [0.05, 0.1) is 0 Å². The Morgan fingerprint density at radius 3 is 2.83 bits per heavy atom. The number of benzene rings is 1. The average molecular weight is 266 g/mol. The summed E-state index contributed by atoms with van der Waals surface area (Å²) in [4.78, 5) is 2.40. The zero-order chi connectivity index (χ0) is 13.3. The third-order valence-corrected chi connectivity index (χ3v) is 4.02. The highest BCUT2D eigenvalue weighted by molar-refractivity contribution is 6.31. The number of amidine groups is 1. The summed E-state index contributed by atoms with van der Waals surface area (Å²) in [7, 11) is 0. The second-order valence-electron chi connectivity index (χ2n) is 4.97. The summed E-state index contributed by atoms with van der Waals surface area (Å²) in [5, 5.41) is 8.35. The fourth-order valence-corrected chi connectivity index (χ4v) is 3.03. The van der Waals surface area contributed by atoms with Crippen molar-refractivity contribution < 1.29 is 0 Å². The fraction of sp³-hybridized carbons (Fsp3) is 0.500. The van der Waals surface area contributed by atoms with E-state index in [1.165, 1.54) is 12.8 Å². The average Bonchev–Trinajstić information content (AvgIpc) is 2.70. The first-order valence-corrected chi connectivity index (χ1v) is 6.84. The van der Waals surface area contributed by atoms with E-state index < -0.39 is 0 Å². The molecule has 1 aromatic rings. The van der Waals surface area contributed by atoms with Crippen LogP contribution in [0.25, 0.3) is 0 Å². The SMILES string of the molecule is CCC1CCC(C)N1c1ccc(Cl)cc1C(=N)N. The lowest BCUT2D eigenvalue weighted by Crippen LogP contribution is -2.35. The van der Waals surface area contributed by atoms with Crippen molar-refractivity contribution in [3.8, 4) is 0 Å². The van der Waals surface area contributed by atoms with Gasteiger partial charge in [0.2, 0.25) is 0 Å². The predicted octanol–water partition coefficient (Wildman–Crippen LogP) is 3.39. The molecule has 1 saturated heterocycles. The maximum Gasteiger partial charge on any atom is 0.124 e. The second kappa shape index (κ2) is 5.19. The number of nitrogens with zero attached hydrogens (tertiary/aromatic N) is 1. The summed E-state index contributed by atoms with van der Waals surface area (Å²) in [5.74, 6) is 0.0847. The van der Waals surface area contributed by atoms with Crippen LogP contribution in [0, 0.1) is 5.41 Å². The highest BCUT2D eigenvalue weighted by atomic mass is 35.5. The third-order valence-electron chi connectivity index (χ3n) is 3.78. The molecule has 1 heterocycles. The lowest BCUT2D eigenvalue weighted by atomic mass is 10.1. The zero-order valence-electron chi connectivity index (χ0n) is 10.9. The number of anilines is 1. The molecule has 1 aromatic carbocycles. The lowest BCUT2D eigenvalue weighted by Gasteiger charge is -2.32. The standard InChI is InChI=1S/C14H20ClN3/c1-3-11-6-4-9(2)18(11)13-7-5-10(15)8-12(13)14(16)17/h5,7-9,11H,3-4,6H2,1-2H3,(H3,16,17). The molecule has 0 spiro atoms. The van der Waals surface area contributed by atoms with Gasteiger partial charge in [0.1, 0.15) is 5.84 Å². The number of nitrogens with one attached hydrogen (secondary N) is 1. The van der Waals surface area contributed by atoms with Gasteiger partial charge in [-0.1, -0.05) is 18.5 Å². The smallest absolute Gasteiger partial charge is 0.124 e.